The molecule has 0 bridgehead atoms. The van der Waals surface area contributed by atoms with Crippen molar-refractivity contribution in [3.8, 4) is 16.9 Å². The monoisotopic (exact) mass is 280 g/mol. The van der Waals surface area contributed by atoms with Gasteiger partial charge in [0.2, 0.25) is 7.84 Å². The van der Waals surface area contributed by atoms with Crippen LogP contribution in [0, 0.1) is 0 Å². The highest BCUT2D eigenvalue weighted by atomic mass is 32.1. The second-order valence-corrected chi connectivity index (χ2v) is 8.78. The average Bonchev–Trinajstić information content (AvgIpc) is 2.37. The zero-order valence-corrected chi connectivity index (χ0v) is 11.0. The van der Waals surface area contributed by atoms with Gasteiger partial charge in [-0.15, -0.1) is 0 Å². The highest BCUT2D eigenvalue weighted by Crippen LogP contribution is 2.72. The van der Waals surface area contributed by atoms with E-state index in [4.69, 9.17) is 4.52 Å². The van der Waals surface area contributed by atoms with E-state index in [1.54, 1.807) is 24.3 Å². The van der Waals surface area contributed by atoms with E-state index in [0.29, 0.717) is 11.1 Å². The fourth-order valence-corrected chi connectivity index (χ4v) is 5.37. The molecular weight excluding hydrogens is 270 g/mol. The zero-order valence-electron chi connectivity index (χ0n) is 9.22. The molecule has 1 aliphatic heterocycles. The summed E-state index contributed by atoms with van der Waals surface area (Å²) in [6, 6.07) is 14.5. The van der Waals surface area contributed by atoms with Crippen molar-refractivity contribution in [3.63, 3.8) is 0 Å². The Balaban J connectivity index is 2.26. The van der Waals surface area contributed by atoms with Gasteiger partial charge in [0.25, 0.3) is 0 Å². The lowest BCUT2D eigenvalue weighted by molar-refractivity contribution is 0.391. The number of rotatable bonds is 1. The quantitative estimate of drug-likeness (QED) is 0.788. The van der Waals surface area contributed by atoms with Crippen molar-refractivity contribution in [3.05, 3.63) is 48.5 Å². The minimum atomic E-state index is -4.29. The van der Waals surface area contributed by atoms with Gasteiger partial charge in [0.1, 0.15) is 5.75 Å². The number of fused-ring (bicyclic) bond motifs is 3. The Kier molecular flexibility index (Phi) is 2.76. The maximum Gasteiger partial charge on any atom is 0.388 e. The van der Waals surface area contributed by atoms with Crippen molar-refractivity contribution in [2.45, 2.75) is 0 Å². The predicted octanol–water partition coefficient (Wildman–Crippen LogP) is 2.86. The molecule has 18 heavy (non-hydrogen) atoms. The summed E-state index contributed by atoms with van der Waals surface area (Å²) < 4.78 is 17.1. The van der Waals surface area contributed by atoms with Gasteiger partial charge in [0, 0.05) is 10.9 Å². The molecule has 92 valence electrons. The maximum atomic E-state index is 11.6. The summed E-state index contributed by atoms with van der Waals surface area (Å²) in [5.41, 5.74) is 1.72. The van der Waals surface area contributed by atoms with E-state index in [9.17, 15) is 14.4 Å². The molecule has 2 N–H and O–H groups in total. The molecule has 1 atom stereocenters. The lowest BCUT2D eigenvalue weighted by atomic mass is 10.0. The van der Waals surface area contributed by atoms with Gasteiger partial charge in [0.15, 0.2) is 0 Å². The molecule has 0 amide bonds. The highest BCUT2D eigenvalue weighted by molar-refractivity contribution is 8.29. The largest absolute Gasteiger partial charge is 0.456 e. The second-order valence-electron chi connectivity index (χ2n) is 3.89. The average molecular weight is 280 g/mol. The first-order valence-electron chi connectivity index (χ1n) is 5.30. The van der Waals surface area contributed by atoms with E-state index in [1.807, 2.05) is 24.3 Å². The third-order valence-corrected chi connectivity index (χ3v) is 6.66. The Morgan fingerprint density at radius 2 is 1.56 bits per heavy atom. The van der Waals surface area contributed by atoms with Crippen LogP contribution in [0.2, 0.25) is 0 Å². The first kappa shape index (κ1) is 11.9. The molecule has 0 fully saturated rings. The zero-order chi connectivity index (χ0) is 12.8. The van der Waals surface area contributed by atoms with Crippen molar-refractivity contribution < 1.29 is 18.9 Å². The summed E-state index contributed by atoms with van der Waals surface area (Å²) in [7, 11) is -6.24. The fourth-order valence-electron chi connectivity index (χ4n) is 1.97. The molecule has 3 rings (SSSR count). The normalized spacial score (nSPS) is 17.6. The van der Waals surface area contributed by atoms with Gasteiger partial charge >= 0.3 is 7.28 Å². The highest BCUT2D eigenvalue weighted by Gasteiger charge is 2.39. The Labute approximate surface area is 105 Å². The summed E-state index contributed by atoms with van der Waals surface area (Å²) in [4.78, 5) is 18.9. The van der Waals surface area contributed by atoms with Crippen LogP contribution >= 0.6 is 15.1 Å². The minimum Gasteiger partial charge on any atom is -0.456 e. The van der Waals surface area contributed by atoms with Crippen LogP contribution in [0.5, 0.6) is 5.75 Å². The van der Waals surface area contributed by atoms with Gasteiger partial charge in [0.05, 0.1) is 0 Å². The molecule has 2 aromatic carbocycles. The Bertz CT molecular complexity index is 650. The third-order valence-electron chi connectivity index (χ3n) is 2.71. The molecule has 1 aliphatic rings. The van der Waals surface area contributed by atoms with Gasteiger partial charge in [-0.3, -0.25) is 4.57 Å². The van der Waals surface area contributed by atoms with Gasteiger partial charge < -0.3 is 14.3 Å². The lowest BCUT2D eigenvalue weighted by Gasteiger charge is -2.27. The van der Waals surface area contributed by atoms with E-state index >= 15 is 0 Å². The summed E-state index contributed by atoms with van der Waals surface area (Å²) in [5, 5.41) is 0.597. The summed E-state index contributed by atoms with van der Waals surface area (Å²) in [5.74, 6) is 0.533. The van der Waals surface area contributed by atoms with E-state index in [2.05, 4.69) is 0 Å². The van der Waals surface area contributed by atoms with E-state index in [0.717, 1.165) is 11.1 Å². The van der Waals surface area contributed by atoms with Crippen LogP contribution in [0.4, 0.5) is 0 Å². The lowest BCUT2D eigenvalue weighted by Crippen LogP contribution is -2.13. The number of para-hydroxylation sites is 1. The second kappa shape index (κ2) is 4.18. The van der Waals surface area contributed by atoms with Crippen molar-refractivity contribution in [2.24, 2.45) is 0 Å². The van der Waals surface area contributed by atoms with Gasteiger partial charge in [-0.05, 0) is 17.7 Å². The van der Waals surface area contributed by atoms with Crippen molar-refractivity contribution in [1.82, 2.24) is 0 Å². The third kappa shape index (κ3) is 1.88. The smallest absolute Gasteiger partial charge is 0.388 e. The first-order chi connectivity index (χ1) is 8.57. The van der Waals surface area contributed by atoms with Crippen molar-refractivity contribution in [1.29, 1.82) is 0 Å². The van der Waals surface area contributed by atoms with Gasteiger partial charge in [-0.1, -0.05) is 36.4 Å². The summed E-state index contributed by atoms with van der Waals surface area (Å²) >= 11 is 0. The molecule has 0 radical (unpaired) electrons. The number of hydrogen-bond acceptors (Lipinski definition) is 2. The van der Waals surface area contributed by atoms with Crippen LogP contribution in [0.3, 0.4) is 0 Å². The molecule has 0 saturated carbocycles. The molecule has 0 saturated heterocycles. The molecular formula is C12H10O4P2. The first-order valence-corrected chi connectivity index (χ1v) is 8.88. The Morgan fingerprint density at radius 1 is 0.944 bits per heavy atom. The maximum absolute atomic E-state index is 11.6. The molecule has 1 unspecified atom stereocenters. The van der Waals surface area contributed by atoms with Crippen LogP contribution in [-0.2, 0) is 4.57 Å². The summed E-state index contributed by atoms with van der Waals surface area (Å²) in [6.45, 7) is 0. The van der Waals surface area contributed by atoms with Crippen LogP contribution in [0.15, 0.2) is 48.5 Å². The van der Waals surface area contributed by atoms with Crippen LogP contribution in [-0.4, -0.2) is 9.79 Å². The minimum absolute atomic E-state index is 0.533. The molecule has 0 spiro atoms. The Hall–Kier alpha value is -1.18. The predicted molar refractivity (Wildman–Crippen MR) is 71.1 cm³/mol. The SMILES string of the molecule is O=P(O)(O)P1Oc2ccccc2-c2ccccc21. The number of hydrogen-bond donors (Lipinski definition) is 2. The molecule has 6 heteroatoms. The van der Waals surface area contributed by atoms with E-state index < -0.39 is 15.1 Å². The van der Waals surface area contributed by atoms with E-state index in [1.165, 1.54) is 0 Å². The van der Waals surface area contributed by atoms with Crippen molar-refractivity contribution in [2.75, 3.05) is 0 Å². The Morgan fingerprint density at radius 3 is 2.28 bits per heavy atom. The van der Waals surface area contributed by atoms with Crippen LogP contribution in [0.25, 0.3) is 11.1 Å². The molecule has 2 aromatic rings. The van der Waals surface area contributed by atoms with Crippen molar-refractivity contribution >= 4 is 20.4 Å². The molecule has 1 heterocycles. The topological polar surface area (TPSA) is 66.8 Å². The van der Waals surface area contributed by atoms with Crippen LogP contribution < -0.4 is 9.83 Å². The van der Waals surface area contributed by atoms with Gasteiger partial charge in [-0.2, -0.15) is 0 Å². The number of benzene rings is 2. The standard InChI is InChI=1S/C12H10O4P2/c13-18(14,15)17-12-8-4-2-6-10(12)9-5-1-3-7-11(9)16-17/h1-8H,(H2,13,14,15). The molecule has 4 nitrogen and oxygen atoms in total. The van der Waals surface area contributed by atoms with Crippen LogP contribution in [0.1, 0.15) is 0 Å². The fraction of sp³-hybridized carbons (Fsp3) is 0. The van der Waals surface area contributed by atoms with E-state index in [-0.39, 0.29) is 0 Å². The summed E-state index contributed by atoms with van der Waals surface area (Å²) in [6.07, 6.45) is 0. The molecule has 0 aromatic heterocycles. The molecule has 0 aliphatic carbocycles. The van der Waals surface area contributed by atoms with Gasteiger partial charge in [-0.25, -0.2) is 0 Å².